The van der Waals surface area contributed by atoms with E-state index in [1.807, 2.05) is 36.4 Å². The normalized spacial score (nSPS) is 12.5. The van der Waals surface area contributed by atoms with Crippen LogP contribution in [0.15, 0.2) is 84.9 Å². The van der Waals surface area contributed by atoms with E-state index in [0.717, 1.165) is 11.1 Å². The SMILES string of the molecule is CO[C@@H](C(=O)N[C@H](Cc1ccc(OCc2ccccc2)cc1)C(=O)O)c1ccccc1. The second-order valence-corrected chi connectivity index (χ2v) is 7.05. The molecule has 3 aromatic carbocycles. The van der Waals surface area contributed by atoms with Gasteiger partial charge in [-0.05, 0) is 28.8 Å². The predicted octanol–water partition coefficient (Wildman–Crippen LogP) is 3.77. The lowest BCUT2D eigenvalue weighted by Crippen LogP contribution is -2.44. The Bertz CT molecular complexity index is 974. The maximum absolute atomic E-state index is 12.6. The third-order valence-electron chi connectivity index (χ3n) is 4.80. The molecular weight excluding hydrogens is 394 g/mol. The highest BCUT2D eigenvalue weighted by Gasteiger charge is 2.26. The highest BCUT2D eigenvalue weighted by atomic mass is 16.5. The molecule has 0 spiro atoms. The number of methoxy groups -OCH3 is 1. The Kier molecular flexibility index (Phi) is 7.79. The fraction of sp³-hybridized carbons (Fsp3) is 0.200. The van der Waals surface area contributed by atoms with Crippen LogP contribution in [-0.4, -0.2) is 30.1 Å². The number of carbonyl (C=O) groups is 2. The highest BCUT2D eigenvalue weighted by molar-refractivity contribution is 5.87. The third-order valence-corrected chi connectivity index (χ3v) is 4.80. The minimum atomic E-state index is -1.11. The zero-order chi connectivity index (χ0) is 22.1. The van der Waals surface area contributed by atoms with E-state index in [-0.39, 0.29) is 6.42 Å². The van der Waals surface area contributed by atoms with Crippen LogP contribution in [0.4, 0.5) is 0 Å². The van der Waals surface area contributed by atoms with Gasteiger partial charge >= 0.3 is 5.97 Å². The van der Waals surface area contributed by atoms with Crippen LogP contribution in [0.1, 0.15) is 22.8 Å². The van der Waals surface area contributed by atoms with Gasteiger partial charge in [-0.15, -0.1) is 0 Å². The number of hydrogen-bond acceptors (Lipinski definition) is 4. The van der Waals surface area contributed by atoms with Gasteiger partial charge in [0.2, 0.25) is 0 Å². The number of hydrogen-bond donors (Lipinski definition) is 2. The molecule has 0 heterocycles. The minimum Gasteiger partial charge on any atom is -0.489 e. The molecular formula is C25H25NO5. The van der Waals surface area contributed by atoms with Crippen molar-refractivity contribution in [2.45, 2.75) is 25.2 Å². The summed E-state index contributed by atoms with van der Waals surface area (Å²) in [5.41, 5.74) is 2.49. The molecule has 2 atom stereocenters. The van der Waals surface area contributed by atoms with E-state index in [9.17, 15) is 14.7 Å². The lowest BCUT2D eigenvalue weighted by Gasteiger charge is -2.20. The summed E-state index contributed by atoms with van der Waals surface area (Å²) in [7, 11) is 1.42. The van der Waals surface area contributed by atoms with Crippen LogP contribution < -0.4 is 10.1 Å². The average Bonchev–Trinajstić information content (AvgIpc) is 2.80. The number of carboxylic acid groups (broad SMARTS) is 1. The van der Waals surface area contributed by atoms with Gasteiger partial charge in [-0.2, -0.15) is 0 Å². The maximum atomic E-state index is 12.6. The molecule has 31 heavy (non-hydrogen) atoms. The summed E-state index contributed by atoms with van der Waals surface area (Å²) in [6.07, 6.45) is -0.734. The zero-order valence-corrected chi connectivity index (χ0v) is 17.2. The van der Waals surface area contributed by atoms with Crippen LogP contribution in [0.5, 0.6) is 5.75 Å². The van der Waals surface area contributed by atoms with Crippen LogP contribution in [0.25, 0.3) is 0 Å². The van der Waals surface area contributed by atoms with E-state index in [4.69, 9.17) is 9.47 Å². The van der Waals surface area contributed by atoms with Crippen molar-refractivity contribution in [3.05, 3.63) is 102 Å². The van der Waals surface area contributed by atoms with Crippen molar-refractivity contribution in [2.24, 2.45) is 0 Å². The molecule has 0 radical (unpaired) electrons. The maximum Gasteiger partial charge on any atom is 0.326 e. The molecule has 6 heteroatoms. The smallest absolute Gasteiger partial charge is 0.326 e. The molecule has 0 saturated carbocycles. The van der Waals surface area contributed by atoms with E-state index < -0.39 is 24.0 Å². The number of carbonyl (C=O) groups excluding carboxylic acids is 1. The molecule has 160 valence electrons. The van der Waals surface area contributed by atoms with Gasteiger partial charge < -0.3 is 19.9 Å². The second-order valence-electron chi connectivity index (χ2n) is 7.05. The van der Waals surface area contributed by atoms with Crippen molar-refractivity contribution in [1.82, 2.24) is 5.32 Å². The first-order chi connectivity index (χ1) is 15.1. The Morgan fingerprint density at radius 1 is 0.871 bits per heavy atom. The molecule has 0 aromatic heterocycles. The summed E-state index contributed by atoms with van der Waals surface area (Å²) < 4.78 is 11.0. The molecule has 0 aliphatic heterocycles. The lowest BCUT2D eigenvalue weighted by atomic mass is 10.0. The summed E-state index contributed by atoms with van der Waals surface area (Å²) in [6.45, 7) is 0.450. The van der Waals surface area contributed by atoms with E-state index >= 15 is 0 Å². The zero-order valence-electron chi connectivity index (χ0n) is 17.2. The van der Waals surface area contributed by atoms with Gasteiger partial charge in [0.25, 0.3) is 5.91 Å². The van der Waals surface area contributed by atoms with Gasteiger partial charge in [0, 0.05) is 13.5 Å². The standard InChI is InChI=1S/C25H25NO5/c1-30-23(20-10-6-3-7-11-20)24(27)26-22(25(28)29)16-18-12-14-21(15-13-18)31-17-19-8-4-2-5-9-19/h2-15,22-23H,16-17H2,1H3,(H,26,27)(H,28,29)/t22-,23-/m1/s1. The molecule has 0 unspecified atom stereocenters. The molecule has 0 fully saturated rings. The Balaban J connectivity index is 1.60. The second kappa shape index (κ2) is 10.9. The fourth-order valence-electron chi connectivity index (χ4n) is 3.17. The monoisotopic (exact) mass is 419 g/mol. The van der Waals surface area contributed by atoms with Crippen molar-refractivity contribution in [1.29, 1.82) is 0 Å². The van der Waals surface area contributed by atoms with Crippen LogP contribution in [0, 0.1) is 0 Å². The van der Waals surface area contributed by atoms with Gasteiger partial charge in [0.1, 0.15) is 18.4 Å². The topological polar surface area (TPSA) is 84.9 Å². The third kappa shape index (κ3) is 6.42. The number of ether oxygens (including phenoxy) is 2. The molecule has 0 bridgehead atoms. The van der Waals surface area contributed by atoms with Gasteiger partial charge in [-0.3, -0.25) is 4.79 Å². The van der Waals surface area contributed by atoms with Crippen LogP contribution in [0.3, 0.4) is 0 Å². The summed E-state index contributed by atoms with van der Waals surface area (Å²) >= 11 is 0. The quantitative estimate of drug-likeness (QED) is 0.523. The van der Waals surface area contributed by atoms with E-state index in [1.54, 1.807) is 48.5 Å². The first-order valence-corrected chi connectivity index (χ1v) is 9.93. The van der Waals surface area contributed by atoms with Gasteiger partial charge in [0.05, 0.1) is 0 Å². The molecule has 1 amide bonds. The van der Waals surface area contributed by atoms with E-state index in [0.29, 0.717) is 17.9 Å². The van der Waals surface area contributed by atoms with E-state index in [2.05, 4.69) is 5.32 Å². The Morgan fingerprint density at radius 2 is 1.48 bits per heavy atom. The fourth-order valence-corrected chi connectivity index (χ4v) is 3.17. The predicted molar refractivity (Wildman–Crippen MR) is 117 cm³/mol. The largest absolute Gasteiger partial charge is 0.489 e. The summed E-state index contributed by atoms with van der Waals surface area (Å²) in [5, 5.41) is 12.2. The average molecular weight is 419 g/mol. The van der Waals surface area contributed by atoms with Crippen LogP contribution in [0.2, 0.25) is 0 Å². The first kappa shape index (κ1) is 22.1. The molecule has 3 aromatic rings. The van der Waals surface area contributed by atoms with Crippen molar-refractivity contribution in [3.63, 3.8) is 0 Å². The van der Waals surface area contributed by atoms with Gasteiger partial charge in [-0.1, -0.05) is 72.8 Å². The Hall–Kier alpha value is -3.64. The highest BCUT2D eigenvalue weighted by Crippen LogP contribution is 2.18. The number of aliphatic carboxylic acids is 1. The van der Waals surface area contributed by atoms with Crippen LogP contribution in [-0.2, 0) is 27.4 Å². The summed E-state index contributed by atoms with van der Waals surface area (Å²) in [5.74, 6) is -0.920. The number of benzene rings is 3. The van der Waals surface area contributed by atoms with Crippen molar-refractivity contribution < 1.29 is 24.2 Å². The van der Waals surface area contributed by atoms with Crippen molar-refractivity contribution >= 4 is 11.9 Å². The summed E-state index contributed by atoms with van der Waals surface area (Å²) in [4.78, 5) is 24.4. The number of rotatable bonds is 10. The number of carboxylic acids is 1. The number of nitrogens with one attached hydrogen (secondary N) is 1. The van der Waals surface area contributed by atoms with Crippen molar-refractivity contribution in [3.8, 4) is 5.75 Å². The van der Waals surface area contributed by atoms with E-state index in [1.165, 1.54) is 7.11 Å². The summed E-state index contributed by atoms with van der Waals surface area (Å²) in [6, 6.07) is 24.9. The number of amides is 1. The Labute approximate surface area is 181 Å². The van der Waals surface area contributed by atoms with Gasteiger partial charge in [-0.25, -0.2) is 4.79 Å². The molecule has 0 saturated heterocycles. The van der Waals surface area contributed by atoms with Gasteiger partial charge in [0.15, 0.2) is 6.10 Å². The molecule has 2 N–H and O–H groups in total. The molecule has 0 aliphatic rings. The Morgan fingerprint density at radius 3 is 2.06 bits per heavy atom. The minimum absolute atomic E-state index is 0.144. The van der Waals surface area contributed by atoms with Crippen LogP contribution >= 0.6 is 0 Å². The van der Waals surface area contributed by atoms with Crippen molar-refractivity contribution in [2.75, 3.05) is 7.11 Å². The molecule has 6 nitrogen and oxygen atoms in total. The molecule has 0 aliphatic carbocycles. The lowest BCUT2D eigenvalue weighted by molar-refractivity contribution is -0.144. The first-order valence-electron chi connectivity index (χ1n) is 9.93. The molecule has 3 rings (SSSR count).